The number of rotatable bonds is 6. The maximum Gasteiger partial charge on any atom is 0.416 e. The summed E-state index contributed by atoms with van der Waals surface area (Å²) in [5.74, 6) is -0.307. The fraction of sp³-hybridized carbons (Fsp3) is 0.333. The van der Waals surface area contributed by atoms with Crippen LogP contribution < -0.4 is 4.90 Å². The molecule has 0 spiro atoms. The number of carbonyl (C=O) groups excluding carboxylic acids is 1. The molecule has 0 radical (unpaired) electrons. The Kier molecular flexibility index (Phi) is 6.01. The first-order valence-corrected chi connectivity index (χ1v) is 7.86. The number of hydrogen-bond donors (Lipinski definition) is 0. The second kappa shape index (κ2) is 8.00. The molecule has 25 heavy (non-hydrogen) atoms. The fourth-order valence-electron chi connectivity index (χ4n) is 2.40. The molecule has 0 atom stereocenters. The SMILES string of the molecule is CCCCN(c1cccc(C(F)(F)F)c1)c1ncccc1C(=O)OC. The number of hydrogen-bond acceptors (Lipinski definition) is 4. The van der Waals surface area contributed by atoms with Gasteiger partial charge in [0.2, 0.25) is 0 Å². The highest BCUT2D eigenvalue weighted by atomic mass is 19.4. The molecule has 0 unspecified atom stereocenters. The molecule has 0 N–H and O–H groups in total. The molecule has 0 aliphatic heterocycles. The van der Waals surface area contributed by atoms with Gasteiger partial charge in [0, 0.05) is 18.4 Å². The molecule has 0 aliphatic carbocycles. The van der Waals surface area contributed by atoms with Crippen LogP contribution in [-0.2, 0) is 10.9 Å². The number of pyridine rings is 1. The zero-order valence-electron chi connectivity index (χ0n) is 14.0. The minimum atomic E-state index is -4.44. The van der Waals surface area contributed by atoms with Crippen LogP contribution in [0.1, 0.15) is 35.7 Å². The van der Waals surface area contributed by atoms with Crippen molar-refractivity contribution in [3.05, 3.63) is 53.7 Å². The van der Waals surface area contributed by atoms with E-state index in [-0.39, 0.29) is 11.4 Å². The van der Waals surface area contributed by atoms with E-state index >= 15 is 0 Å². The van der Waals surface area contributed by atoms with Crippen molar-refractivity contribution < 1.29 is 22.7 Å². The summed E-state index contributed by atoms with van der Waals surface area (Å²) in [5.41, 5.74) is -0.215. The van der Waals surface area contributed by atoms with Crippen LogP contribution in [0, 0.1) is 0 Å². The number of aromatic nitrogens is 1. The van der Waals surface area contributed by atoms with Gasteiger partial charge in [-0.2, -0.15) is 13.2 Å². The minimum Gasteiger partial charge on any atom is -0.465 e. The first-order valence-electron chi connectivity index (χ1n) is 7.86. The Morgan fingerprint density at radius 3 is 2.64 bits per heavy atom. The van der Waals surface area contributed by atoms with Gasteiger partial charge in [0.15, 0.2) is 0 Å². The molecule has 0 saturated carbocycles. The van der Waals surface area contributed by atoms with E-state index in [0.29, 0.717) is 12.2 Å². The maximum atomic E-state index is 13.0. The fourth-order valence-corrected chi connectivity index (χ4v) is 2.40. The lowest BCUT2D eigenvalue weighted by molar-refractivity contribution is -0.137. The van der Waals surface area contributed by atoms with Gasteiger partial charge < -0.3 is 9.64 Å². The average molecular weight is 352 g/mol. The monoisotopic (exact) mass is 352 g/mol. The summed E-state index contributed by atoms with van der Waals surface area (Å²) in [6, 6.07) is 8.12. The molecule has 2 rings (SSSR count). The van der Waals surface area contributed by atoms with Gasteiger partial charge >= 0.3 is 12.1 Å². The molecule has 1 heterocycles. The smallest absolute Gasteiger partial charge is 0.416 e. The Bertz CT molecular complexity index is 732. The first kappa shape index (κ1) is 18.8. The molecule has 1 aromatic carbocycles. The second-order valence-electron chi connectivity index (χ2n) is 5.42. The molecular weight excluding hydrogens is 333 g/mol. The largest absolute Gasteiger partial charge is 0.465 e. The normalized spacial score (nSPS) is 11.2. The van der Waals surface area contributed by atoms with E-state index in [0.717, 1.165) is 25.0 Å². The van der Waals surface area contributed by atoms with Gasteiger partial charge in [-0.3, -0.25) is 0 Å². The summed E-state index contributed by atoms with van der Waals surface area (Å²) in [6.45, 7) is 2.41. The lowest BCUT2D eigenvalue weighted by Crippen LogP contribution is -2.23. The number of methoxy groups -OCH3 is 1. The van der Waals surface area contributed by atoms with E-state index in [2.05, 4.69) is 4.98 Å². The highest BCUT2D eigenvalue weighted by Gasteiger charge is 2.31. The Hall–Kier alpha value is -2.57. The Morgan fingerprint density at radius 1 is 1.24 bits per heavy atom. The van der Waals surface area contributed by atoms with Crippen LogP contribution in [0.2, 0.25) is 0 Å². The van der Waals surface area contributed by atoms with Gasteiger partial charge in [0.05, 0.1) is 12.7 Å². The van der Waals surface area contributed by atoms with Gasteiger partial charge in [-0.25, -0.2) is 9.78 Å². The molecular formula is C18H19F3N2O2. The van der Waals surface area contributed by atoms with Crippen LogP contribution in [0.5, 0.6) is 0 Å². The third kappa shape index (κ3) is 4.49. The molecule has 0 saturated heterocycles. The predicted octanol–water partition coefficient (Wildman–Crippen LogP) is 4.83. The molecule has 134 valence electrons. The summed E-state index contributed by atoms with van der Waals surface area (Å²) in [7, 11) is 1.25. The highest BCUT2D eigenvalue weighted by molar-refractivity contribution is 5.95. The van der Waals surface area contributed by atoms with Crippen LogP contribution in [0.3, 0.4) is 0 Å². The van der Waals surface area contributed by atoms with Crippen molar-refractivity contribution in [1.82, 2.24) is 4.98 Å². The van der Waals surface area contributed by atoms with E-state index < -0.39 is 17.7 Å². The lowest BCUT2D eigenvalue weighted by Gasteiger charge is -2.26. The molecule has 4 nitrogen and oxygen atoms in total. The van der Waals surface area contributed by atoms with Crippen LogP contribution in [-0.4, -0.2) is 24.6 Å². The zero-order chi connectivity index (χ0) is 18.4. The number of carbonyl (C=O) groups is 1. The van der Waals surface area contributed by atoms with Crippen LogP contribution >= 0.6 is 0 Å². The van der Waals surface area contributed by atoms with Gasteiger partial charge in [-0.05, 0) is 36.8 Å². The highest BCUT2D eigenvalue weighted by Crippen LogP contribution is 2.34. The number of benzene rings is 1. The summed E-state index contributed by atoms with van der Waals surface area (Å²) in [4.78, 5) is 17.8. The summed E-state index contributed by atoms with van der Waals surface area (Å²) < 4.78 is 43.9. The standard InChI is InChI=1S/C18H19F3N2O2/c1-3-4-11-23(14-8-5-7-13(12-14)18(19,20)21)16-15(17(24)25-2)9-6-10-22-16/h5-10,12H,3-4,11H2,1-2H3. The molecule has 0 bridgehead atoms. The van der Waals surface area contributed by atoms with Gasteiger partial charge in [0.1, 0.15) is 11.4 Å². The van der Waals surface area contributed by atoms with Crippen molar-refractivity contribution >= 4 is 17.5 Å². The Balaban J connectivity index is 2.53. The van der Waals surface area contributed by atoms with Gasteiger partial charge in [0.25, 0.3) is 0 Å². The number of nitrogens with zero attached hydrogens (tertiary/aromatic N) is 2. The number of ether oxygens (including phenoxy) is 1. The second-order valence-corrected chi connectivity index (χ2v) is 5.42. The number of anilines is 2. The van der Waals surface area contributed by atoms with Crippen LogP contribution in [0.4, 0.5) is 24.7 Å². The molecule has 2 aromatic rings. The third-order valence-electron chi connectivity index (χ3n) is 3.67. The summed E-state index contributed by atoms with van der Waals surface area (Å²) in [5, 5.41) is 0. The van der Waals surface area contributed by atoms with Gasteiger partial charge in [-0.1, -0.05) is 19.4 Å². The Morgan fingerprint density at radius 2 is 2.00 bits per heavy atom. The Labute approximate surface area is 144 Å². The van der Waals surface area contributed by atoms with Crippen molar-refractivity contribution in [2.45, 2.75) is 25.9 Å². The maximum absolute atomic E-state index is 13.0. The van der Waals surface area contributed by atoms with E-state index in [4.69, 9.17) is 4.74 Å². The number of alkyl halides is 3. The van der Waals surface area contributed by atoms with Crippen molar-refractivity contribution in [3.63, 3.8) is 0 Å². The van der Waals surface area contributed by atoms with Crippen LogP contribution in [0.15, 0.2) is 42.6 Å². The van der Waals surface area contributed by atoms with Gasteiger partial charge in [-0.15, -0.1) is 0 Å². The molecule has 0 amide bonds. The predicted molar refractivity (Wildman–Crippen MR) is 88.9 cm³/mol. The number of unbranched alkanes of at least 4 members (excludes halogenated alkanes) is 1. The zero-order valence-corrected chi connectivity index (χ0v) is 14.0. The van der Waals surface area contributed by atoms with E-state index in [1.165, 1.54) is 19.4 Å². The van der Waals surface area contributed by atoms with Crippen LogP contribution in [0.25, 0.3) is 0 Å². The van der Waals surface area contributed by atoms with Crippen molar-refractivity contribution in [3.8, 4) is 0 Å². The molecule has 7 heteroatoms. The lowest BCUT2D eigenvalue weighted by atomic mass is 10.1. The number of halogens is 3. The molecule has 0 aliphatic rings. The third-order valence-corrected chi connectivity index (χ3v) is 3.67. The van der Waals surface area contributed by atoms with Crippen molar-refractivity contribution in [2.75, 3.05) is 18.6 Å². The van der Waals surface area contributed by atoms with Crippen molar-refractivity contribution in [2.24, 2.45) is 0 Å². The minimum absolute atomic E-state index is 0.207. The summed E-state index contributed by atoms with van der Waals surface area (Å²) >= 11 is 0. The van der Waals surface area contributed by atoms with E-state index in [1.807, 2.05) is 6.92 Å². The summed E-state index contributed by atoms with van der Waals surface area (Å²) in [6.07, 6.45) is -1.38. The topological polar surface area (TPSA) is 42.4 Å². The average Bonchev–Trinajstić information content (AvgIpc) is 2.61. The number of esters is 1. The van der Waals surface area contributed by atoms with E-state index in [9.17, 15) is 18.0 Å². The quantitative estimate of drug-likeness (QED) is 0.699. The van der Waals surface area contributed by atoms with E-state index in [1.54, 1.807) is 23.1 Å². The first-order chi connectivity index (χ1) is 11.9. The van der Waals surface area contributed by atoms with Crippen molar-refractivity contribution in [1.29, 1.82) is 0 Å². The molecule has 1 aromatic heterocycles. The molecule has 0 fully saturated rings.